The molecule has 0 fully saturated rings. The number of benzene rings is 2. The van der Waals surface area contributed by atoms with Gasteiger partial charge < -0.3 is 41.5 Å². The van der Waals surface area contributed by atoms with Gasteiger partial charge in [-0.3, -0.25) is 18.9 Å². The van der Waals surface area contributed by atoms with Gasteiger partial charge >= 0.3 is 15.2 Å². The van der Waals surface area contributed by atoms with Gasteiger partial charge in [-0.1, -0.05) is 57.2 Å². The van der Waals surface area contributed by atoms with Crippen molar-refractivity contribution in [2.24, 2.45) is 0 Å². The highest BCUT2D eigenvalue weighted by atomic mass is 31.2. The first-order valence-electron chi connectivity index (χ1n) is 22.4. The highest BCUT2D eigenvalue weighted by molar-refractivity contribution is 7.54. The highest BCUT2D eigenvalue weighted by Crippen LogP contribution is 2.57. The van der Waals surface area contributed by atoms with Crippen LogP contribution in [-0.4, -0.2) is 99.1 Å². The molecule has 364 valence electrons. The van der Waals surface area contributed by atoms with Gasteiger partial charge in [-0.25, -0.2) is 0 Å². The summed E-state index contributed by atoms with van der Waals surface area (Å²) < 4.78 is 87.0. The van der Waals surface area contributed by atoms with Crippen molar-refractivity contribution in [1.82, 2.24) is 9.80 Å². The van der Waals surface area contributed by atoms with Crippen molar-refractivity contribution in [2.45, 2.75) is 177 Å². The van der Waals surface area contributed by atoms with E-state index < -0.39 is 52.0 Å². The van der Waals surface area contributed by atoms with E-state index in [1.807, 2.05) is 145 Å². The summed E-state index contributed by atoms with van der Waals surface area (Å²) in [5.74, 6) is 1.26. The maximum absolute atomic E-state index is 15.4. The van der Waals surface area contributed by atoms with Gasteiger partial charge in [0.15, 0.2) is 21.9 Å². The third-order valence-corrected chi connectivity index (χ3v) is 18.8. The molecule has 2 aromatic rings. The smallest absolute Gasteiger partial charge is 0.345 e. The van der Waals surface area contributed by atoms with Crippen molar-refractivity contribution >= 4 is 23.5 Å². The van der Waals surface area contributed by atoms with E-state index in [9.17, 15) is 0 Å². The molecule has 0 bridgehead atoms. The predicted molar refractivity (Wildman–Crippen MR) is 258 cm³/mol. The maximum Gasteiger partial charge on any atom is 0.345 e. The lowest BCUT2D eigenvalue weighted by Crippen LogP contribution is -2.51. The second-order valence-corrected chi connectivity index (χ2v) is 30.1. The minimum absolute atomic E-state index is 0.0690. The molecule has 0 radical (unpaired) electrons. The molecular weight excluding hydrogens is 859 g/mol. The van der Waals surface area contributed by atoms with E-state index in [1.54, 1.807) is 0 Å². The summed E-state index contributed by atoms with van der Waals surface area (Å²) >= 11 is 0. The molecule has 0 saturated carbocycles. The zero-order valence-electron chi connectivity index (χ0n) is 42.5. The summed E-state index contributed by atoms with van der Waals surface area (Å²) in [6.45, 7) is 39.6. The fourth-order valence-electron chi connectivity index (χ4n) is 6.24. The van der Waals surface area contributed by atoms with E-state index in [2.05, 4.69) is 43.7 Å². The van der Waals surface area contributed by atoms with Crippen molar-refractivity contribution in [3.05, 3.63) is 59.7 Å². The minimum Gasteiger partial charge on any atom is -0.467 e. The molecule has 16 heteroatoms. The summed E-state index contributed by atoms with van der Waals surface area (Å²) in [5.41, 5.74) is -1.53. The van der Waals surface area contributed by atoms with Gasteiger partial charge in [0.2, 0.25) is 0 Å². The zero-order valence-corrected chi connectivity index (χ0v) is 45.3. The largest absolute Gasteiger partial charge is 0.467 e. The average molecular weight is 945 g/mol. The quantitative estimate of drug-likeness (QED) is 0.0385. The van der Waals surface area contributed by atoms with E-state index in [0.29, 0.717) is 31.3 Å². The van der Waals surface area contributed by atoms with Crippen LogP contribution in [0.1, 0.15) is 129 Å². The van der Waals surface area contributed by atoms with Crippen LogP contribution in [0.4, 0.5) is 0 Å². The molecule has 2 rings (SSSR count). The Balaban J connectivity index is 3.02. The fourth-order valence-corrected chi connectivity index (χ4v) is 12.4. The van der Waals surface area contributed by atoms with E-state index in [4.69, 9.17) is 41.5 Å². The van der Waals surface area contributed by atoms with Crippen molar-refractivity contribution in [3.8, 4) is 11.5 Å². The molecule has 0 N–H and O–H groups in total. The SMILES string of the molecule is CCOCOc1ccccc1CN(CC(CO[Si](C)(C)C(C)(C)C)N(Cc1ccccc1OCOCC)CP(=O)(OC(C)(C)C)OC(C)(C)C)CP(=O)(OC(C)(C)C)OC(C)(C)C. The Bertz CT molecular complexity index is 1720. The molecule has 0 amide bonds. The summed E-state index contributed by atoms with van der Waals surface area (Å²) in [6.07, 6.45) is -0.169. The Labute approximate surface area is 383 Å². The Morgan fingerprint density at radius 1 is 0.571 bits per heavy atom. The molecule has 63 heavy (non-hydrogen) atoms. The summed E-state index contributed by atoms with van der Waals surface area (Å²) in [4.78, 5) is 4.18. The lowest BCUT2D eigenvalue weighted by atomic mass is 10.1. The first-order valence-corrected chi connectivity index (χ1v) is 28.7. The van der Waals surface area contributed by atoms with Gasteiger partial charge in [0.05, 0.1) is 29.0 Å². The number of ether oxygens (including phenoxy) is 4. The summed E-state index contributed by atoms with van der Waals surface area (Å²) in [6, 6.07) is 15.0. The van der Waals surface area contributed by atoms with Crippen LogP contribution in [0.15, 0.2) is 48.5 Å². The molecule has 1 unspecified atom stereocenters. The van der Waals surface area contributed by atoms with Crippen molar-refractivity contribution in [2.75, 3.05) is 52.5 Å². The first-order chi connectivity index (χ1) is 28.7. The molecule has 0 aliphatic heterocycles. The minimum atomic E-state index is -3.92. The average Bonchev–Trinajstić information content (AvgIpc) is 3.07. The third kappa shape index (κ3) is 22.6. The topological polar surface area (TPSA) is 124 Å². The Morgan fingerprint density at radius 3 is 1.33 bits per heavy atom. The van der Waals surface area contributed by atoms with Crippen molar-refractivity contribution < 1.29 is 50.6 Å². The lowest BCUT2D eigenvalue weighted by Gasteiger charge is -2.43. The maximum atomic E-state index is 15.4. The zero-order chi connectivity index (χ0) is 48.1. The third-order valence-electron chi connectivity index (χ3n) is 9.52. The van der Waals surface area contributed by atoms with E-state index in [-0.39, 0.29) is 50.9 Å². The second-order valence-electron chi connectivity index (χ2n) is 21.5. The number of hydrogen-bond donors (Lipinski definition) is 0. The highest BCUT2D eigenvalue weighted by Gasteiger charge is 2.43. The van der Waals surface area contributed by atoms with E-state index in [0.717, 1.165) is 11.1 Å². The van der Waals surface area contributed by atoms with Crippen LogP contribution in [0.25, 0.3) is 0 Å². The van der Waals surface area contributed by atoms with Crippen LogP contribution >= 0.6 is 15.2 Å². The molecule has 2 aromatic carbocycles. The summed E-state index contributed by atoms with van der Waals surface area (Å²) in [7, 11) is -10.2. The second kappa shape index (κ2) is 23.9. The van der Waals surface area contributed by atoms with Gasteiger partial charge in [-0.2, -0.15) is 0 Å². The van der Waals surface area contributed by atoms with Gasteiger partial charge in [-0.05, 0) is 127 Å². The van der Waals surface area contributed by atoms with E-state index in [1.165, 1.54) is 0 Å². The van der Waals surface area contributed by atoms with Crippen LogP contribution in [0.5, 0.6) is 11.5 Å². The van der Waals surface area contributed by atoms with Crippen LogP contribution in [0.3, 0.4) is 0 Å². The molecule has 0 saturated heterocycles. The lowest BCUT2D eigenvalue weighted by molar-refractivity contribution is 0.0185. The molecule has 1 atom stereocenters. The van der Waals surface area contributed by atoms with Gasteiger partial charge in [0, 0.05) is 50.0 Å². The van der Waals surface area contributed by atoms with Crippen molar-refractivity contribution in [1.29, 1.82) is 0 Å². The monoisotopic (exact) mass is 945 g/mol. The Hall–Kier alpha value is -1.64. The fraction of sp³-hybridized carbons (Fsp3) is 0.745. The number of para-hydroxylation sites is 2. The Kier molecular flexibility index (Phi) is 21.8. The Morgan fingerprint density at radius 2 is 0.952 bits per heavy atom. The van der Waals surface area contributed by atoms with Gasteiger partial charge in [-0.15, -0.1) is 0 Å². The van der Waals surface area contributed by atoms with E-state index >= 15 is 9.13 Å². The van der Waals surface area contributed by atoms with Crippen LogP contribution in [0.2, 0.25) is 18.1 Å². The number of nitrogens with zero attached hydrogens (tertiary/aromatic N) is 2. The molecule has 0 heterocycles. The van der Waals surface area contributed by atoms with Crippen molar-refractivity contribution in [3.63, 3.8) is 0 Å². The molecule has 0 aliphatic rings. The summed E-state index contributed by atoms with van der Waals surface area (Å²) in [5, 5.41) is -0.116. The van der Waals surface area contributed by atoms with Crippen LogP contribution < -0.4 is 9.47 Å². The molecule has 0 aromatic heterocycles. The van der Waals surface area contributed by atoms with Crippen LogP contribution in [-0.2, 0) is 54.2 Å². The molecule has 13 nitrogen and oxygen atoms in total. The molecule has 0 spiro atoms. The number of hydrogen-bond acceptors (Lipinski definition) is 13. The van der Waals surface area contributed by atoms with Gasteiger partial charge in [0.1, 0.15) is 24.1 Å². The predicted octanol–water partition coefficient (Wildman–Crippen LogP) is 12.7. The van der Waals surface area contributed by atoms with Crippen LogP contribution in [0, 0.1) is 0 Å². The molecular formula is C47H86N2O11P2Si. The molecule has 0 aliphatic carbocycles. The van der Waals surface area contributed by atoms with Gasteiger partial charge in [0.25, 0.3) is 0 Å². The normalized spacial score (nSPS) is 14.4. The number of rotatable bonds is 26. The standard InChI is InChI=1S/C47H86N2O11P2Si/c1-20-52-36-54-41-28-24-22-26-38(41)30-48(34-61(50,57-43(3,4)5)58-44(6,7)8)32-40(33-56-63(18,19)47(15,16)17)49(31-39-27-23-25-29-42(39)55-37-53-21-2)35-62(51,59-45(9,10)11)60-46(12,13)14/h22-29,40H,20-21,30-37H2,1-19H3. The first kappa shape index (κ1) is 57.5.